The molecule has 6 nitrogen and oxygen atoms in total. The molecule has 6 heteroatoms. The quantitative estimate of drug-likeness (QED) is 0.347. The van der Waals surface area contributed by atoms with Gasteiger partial charge in [0.1, 0.15) is 5.60 Å². The standard InChI is InChI=1S/C18H33NO5/c1-13(23-24-17(2,3)4)12-18(5,6)22-16(21)15(20)19-14-10-8-7-9-11-14/h13-14H,7-12H2,1-6H3,(H,19,20). The Bertz CT molecular complexity index is 422. The molecule has 0 spiro atoms. The number of hydrogen-bond donors (Lipinski definition) is 1. The fourth-order valence-corrected chi connectivity index (χ4v) is 2.78. The third-order valence-electron chi connectivity index (χ3n) is 3.74. The van der Waals surface area contributed by atoms with Gasteiger partial charge in [0, 0.05) is 12.5 Å². The highest BCUT2D eigenvalue weighted by Gasteiger charge is 2.31. The third kappa shape index (κ3) is 8.64. The molecule has 1 fully saturated rings. The number of nitrogens with one attached hydrogen (secondary N) is 1. The number of carbonyl (C=O) groups is 2. The van der Waals surface area contributed by atoms with E-state index in [1.54, 1.807) is 13.8 Å². The van der Waals surface area contributed by atoms with Crippen molar-refractivity contribution in [1.82, 2.24) is 5.32 Å². The average molecular weight is 343 g/mol. The maximum Gasteiger partial charge on any atom is 0.397 e. The highest BCUT2D eigenvalue weighted by molar-refractivity contribution is 6.32. The first-order chi connectivity index (χ1) is 11.0. The van der Waals surface area contributed by atoms with E-state index in [2.05, 4.69) is 5.32 Å². The lowest BCUT2D eigenvalue weighted by Crippen LogP contribution is -2.44. The van der Waals surface area contributed by atoms with Crippen LogP contribution < -0.4 is 5.32 Å². The molecule has 0 aromatic carbocycles. The minimum atomic E-state index is -0.838. The maximum absolute atomic E-state index is 12.0. The number of hydrogen-bond acceptors (Lipinski definition) is 5. The fourth-order valence-electron chi connectivity index (χ4n) is 2.78. The SMILES string of the molecule is CC(CC(C)(C)OC(=O)C(=O)NC1CCCCC1)OOC(C)(C)C. The van der Waals surface area contributed by atoms with Crippen LogP contribution in [0.25, 0.3) is 0 Å². The van der Waals surface area contributed by atoms with Crippen molar-refractivity contribution in [2.45, 2.75) is 103 Å². The topological polar surface area (TPSA) is 73.9 Å². The summed E-state index contributed by atoms with van der Waals surface area (Å²) in [7, 11) is 0. The maximum atomic E-state index is 12.0. The second-order valence-electron chi connectivity index (χ2n) is 8.26. The number of carbonyl (C=O) groups excluding carboxylic acids is 2. The number of esters is 1. The predicted octanol–water partition coefficient (Wildman–Crippen LogP) is 3.28. The molecule has 0 radical (unpaired) electrons. The molecule has 1 N–H and O–H groups in total. The zero-order valence-electron chi connectivity index (χ0n) is 15.9. The highest BCUT2D eigenvalue weighted by Crippen LogP contribution is 2.21. The van der Waals surface area contributed by atoms with Crippen molar-refractivity contribution in [3.63, 3.8) is 0 Å². The Labute approximate surface area is 145 Å². The molecular formula is C18H33NO5. The van der Waals surface area contributed by atoms with E-state index in [9.17, 15) is 9.59 Å². The van der Waals surface area contributed by atoms with Crippen LogP contribution in [-0.2, 0) is 24.1 Å². The monoisotopic (exact) mass is 343 g/mol. The number of amides is 1. The molecule has 1 aliphatic carbocycles. The largest absolute Gasteiger partial charge is 0.452 e. The summed E-state index contributed by atoms with van der Waals surface area (Å²) < 4.78 is 5.36. The molecule has 1 rings (SSSR count). The normalized spacial score (nSPS) is 18.1. The summed E-state index contributed by atoms with van der Waals surface area (Å²) in [6.07, 6.45) is 5.38. The molecule has 1 aliphatic rings. The molecule has 1 atom stereocenters. The van der Waals surface area contributed by atoms with Crippen LogP contribution in [0.2, 0.25) is 0 Å². The summed E-state index contributed by atoms with van der Waals surface area (Å²) in [6, 6.07) is 0.0874. The van der Waals surface area contributed by atoms with Crippen molar-refractivity contribution < 1.29 is 24.1 Å². The van der Waals surface area contributed by atoms with Gasteiger partial charge in [0.05, 0.1) is 11.7 Å². The Kier molecular flexibility index (Phi) is 7.67. The molecular weight excluding hydrogens is 310 g/mol. The summed E-state index contributed by atoms with van der Waals surface area (Å²) in [5, 5.41) is 2.77. The van der Waals surface area contributed by atoms with E-state index < -0.39 is 23.1 Å². The van der Waals surface area contributed by atoms with Gasteiger partial charge in [0.25, 0.3) is 0 Å². The Hall–Kier alpha value is -1.14. The fraction of sp³-hybridized carbons (Fsp3) is 0.889. The van der Waals surface area contributed by atoms with Gasteiger partial charge in [-0.2, -0.15) is 0 Å². The van der Waals surface area contributed by atoms with E-state index in [1.807, 2.05) is 27.7 Å². The molecule has 0 aromatic rings. The molecule has 0 saturated heterocycles. The highest BCUT2D eigenvalue weighted by atomic mass is 17.2. The van der Waals surface area contributed by atoms with Crippen LogP contribution in [0.1, 0.15) is 80.1 Å². The minimum absolute atomic E-state index is 0.0874. The van der Waals surface area contributed by atoms with E-state index >= 15 is 0 Å². The van der Waals surface area contributed by atoms with Crippen molar-refractivity contribution in [2.24, 2.45) is 0 Å². The molecule has 1 unspecified atom stereocenters. The van der Waals surface area contributed by atoms with Gasteiger partial charge in [0.15, 0.2) is 0 Å². The van der Waals surface area contributed by atoms with Gasteiger partial charge in [-0.1, -0.05) is 19.3 Å². The van der Waals surface area contributed by atoms with Crippen LogP contribution in [0.3, 0.4) is 0 Å². The van der Waals surface area contributed by atoms with Crippen LogP contribution in [0.4, 0.5) is 0 Å². The summed E-state index contributed by atoms with van der Waals surface area (Å²) in [4.78, 5) is 34.6. The van der Waals surface area contributed by atoms with Crippen molar-refractivity contribution in [1.29, 1.82) is 0 Å². The zero-order chi connectivity index (χ0) is 18.4. The van der Waals surface area contributed by atoms with E-state index in [0.717, 1.165) is 25.7 Å². The second kappa shape index (κ2) is 8.81. The molecule has 0 heterocycles. The Morgan fingerprint density at radius 2 is 1.67 bits per heavy atom. The van der Waals surface area contributed by atoms with Crippen LogP contribution in [0, 0.1) is 0 Å². The van der Waals surface area contributed by atoms with Crippen LogP contribution >= 0.6 is 0 Å². The summed E-state index contributed by atoms with van der Waals surface area (Å²) in [5.41, 5.74) is -1.23. The zero-order valence-corrected chi connectivity index (χ0v) is 15.9. The van der Waals surface area contributed by atoms with Gasteiger partial charge in [-0.3, -0.25) is 4.79 Å². The lowest BCUT2D eigenvalue weighted by Gasteiger charge is -2.29. The molecule has 1 saturated carbocycles. The van der Waals surface area contributed by atoms with Crippen molar-refractivity contribution in [3.05, 3.63) is 0 Å². The van der Waals surface area contributed by atoms with Gasteiger partial charge >= 0.3 is 11.9 Å². The molecule has 1 amide bonds. The lowest BCUT2D eigenvalue weighted by atomic mass is 9.95. The first kappa shape index (κ1) is 20.9. The minimum Gasteiger partial charge on any atom is -0.452 e. The van der Waals surface area contributed by atoms with Gasteiger partial charge in [-0.25, -0.2) is 14.6 Å². The van der Waals surface area contributed by atoms with E-state index in [0.29, 0.717) is 6.42 Å². The van der Waals surface area contributed by atoms with Gasteiger partial charge < -0.3 is 10.1 Å². The van der Waals surface area contributed by atoms with Crippen molar-refractivity contribution in [3.8, 4) is 0 Å². The molecule has 0 bridgehead atoms. The summed E-state index contributed by atoms with van der Waals surface area (Å²) in [6.45, 7) is 11.0. The molecule has 0 aromatic heterocycles. The van der Waals surface area contributed by atoms with E-state index in [-0.39, 0.29) is 12.1 Å². The number of rotatable bonds is 6. The summed E-state index contributed by atoms with van der Waals surface area (Å²) in [5.74, 6) is -1.50. The van der Waals surface area contributed by atoms with Crippen molar-refractivity contribution >= 4 is 11.9 Å². The van der Waals surface area contributed by atoms with Crippen LogP contribution in [-0.4, -0.2) is 35.2 Å². The molecule has 0 aliphatic heterocycles. The van der Waals surface area contributed by atoms with E-state index in [4.69, 9.17) is 14.5 Å². The van der Waals surface area contributed by atoms with Gasteiger partial charge in [-0.05, 0) is 54.4 Å². The predicted molar refractivity (Wildman–Crippen MR) is 91.2 cm³/mol. The average Bonchev–Trinajstić information content (AvgIpc) is 2.44. The van der Waals surface area contributed by atoms with Crippen LogP contribution in [0.15, 0.2) is 0 Å². The number of ether oxygens (including phenoxy) is 1. The van der Waals surface area contributed by atoms with Gasteiger partial charge in [-0.15, -0.1) is 0 Å². The van der Waals surface area contributed by atoms with Gasteiger partial charge in [0.2, 0.25) is 0 Å². The first-order valence-electron chi connectivity index (χ1n) is 8.87. The van der Waals surface area contributed by atoms with Crippen LogP contribution in [0.5, 0.6) is 0 Å². The van der Waals surface area contributed by atoms with E-state index in [1.165, 1.54) is 6.42 Å². The Balaban J connectivity index is 2.40. The first-order valence-corrected chi connectivity index (χ1v) is 8.87. The Morgan fingerprint density at radius 1 is 1.08 bits per heavy atom. The lowest BCUT2D eigenvalue weighted by molar-refractivity contribution is -0.373. The summed E-state index contributed by atoms with van der Waals surface area (Å²) >= 11 is 0. The third-order valence-corrected chi connectivity index (χ3v) is 3.74. The second-order valence-corrected chi connectivity index (χ2v) is 8.26. The smallest absolute Gasteiger partial charge is 0.397 e. The van der Waals surface area contributed by atoms with Crippen molar-refractivity contribution in [2.75, 3.05) is 0 Å². The molecule has 140 valence electrons. The Morgan fingerprint density at radius 3 is 2.21 bits per heavy atom. The molecule has 24 heavy (non-hydrogen) atoms.